The van der Waals surface area contributed by atoms with Gasteiger partial charge in [-0.2, -0.15) is 4.99 Å². The monoisotopic (exact) mass is 447 g/mol. The number of carbonyl (C=O) groups is 1. The molecule has 160 valence electrons. The number of benzene rings is 3. The second-order valence-electron chi connectivity index (χ2n) is 6.65. The van der Waals surface area contributed by atoms with Gasteiger partial charge in [0.2, 0.25) is 4.80 Å². The molecule has 1 heterocycles. The molecule has 0 unspecified atom stereocenters. The van der Waals surface area contributed by atoms with Crippen LogP contribution in [0.25, 0.3) is 11.4 Å². The molecule has 0 aliphatic rings. The first kappa shape index (κ1) is 20.9. The van der Waals surface area contributed by atoms with Crippen molar-refractivity contribution >= 4 is 23.3 Å². The number of aromatic nitrogens is 2. The highest BCUT2D eigenvalue weighted by molar-refractivity contribution is 7.03. The van der Waals surface area contributed by atoms with Gasteiger partial charge in [-0.25, -0.2) is 18.1 Å². The molecule has 1 aromatic heterocycles. The quantitative estimate of drug-likeness (QED) is 0.373. The van der Waals surface area contributed by atoms with Crippen LogP contribution in [0.3, 0.4) is 0 Å². The van der Waals surface area contributed by atoms with Crippen molar-refractivity contribution in [2.75, 3.05) is 0 Å². The Labute approximate surface area is 185 Å². The first-order valence-corrected chi connectivity index (χ1v) is 10.3. The highest BCUT2D eigenvalue weighted by atomic mass is 32.1. The van der Waals surface area contributed by atoms with Gasteiger partial charge in [-0.1, -0.05) is 48.5 Å². The Morgan fingerprint density at radius 2 is 1.56 bits per heavy atom. The van der Waals surface area contributed by atoms with E-state index in [-0.39, 0.29) is 10.5 Å². The maximum atomic E-state index is 13.2. The average molecular weight is 447 g/mol. The van der Waals surface area contributed by atoms with Gasteiger partial charge < -0.3 is 5.32 Å². The summed E-state index contributed by atoms with van der Waals surface area (Å²) < 4.78 is 2.66. The van der Waals surface area contributed by atoms with Crippen molar-refractivity contribution in [2.24, 2.45) is 4.99 Å². The summed E-state index contributed by atoms with van der Waals surface area (Å²) in [7, 11) is 0. The molecule has 32 heavy (non-hydrogen) atoms. The molecule has 2 amide bonds. The lowest BCUT2D eigenvalue weighted by molar-refractivity contribution is -0.384. The van der Waals surface area contributed by atoms with Gasteiger partial charge in [-0.15, -0.1) is 0 Å². The first-order valence-electron chi connectivity index (χ1n) is 9.55. The summed E-state index contributed by atoms with van der Waals surface area (Å²) in [5, 5.41) is 13.6. The summed E-state index contributed by atoms with van der Waals surface area (Å²) in [6.07, 6.45) is 0. The number of hydrogen-bond acceptors (Lipinski definition) is 5. The second kappa shape index (κ2) is 9.23. The lowest BCUT2D eigenvalue weighted by Gasteiger charge is -2.02. The number of nitrogens with zero attached hydrogens (tertiary/aromatic N) is 4. The highest BCUT2D eigenvalue weighted by Crippen LogP contribution is 2.15. The molecule has 4 aromatic rings. The maximum absolute atomic E-state index is 13.2. The number of hydrogen-bond donors (Lipinski definition) is 1. The Hall–Kier alpha value is -4.31. The number of para-hydroxylation sites is 1. The van der Waals surface area contributed by atoms with Crippen LogP contribution in [0.5, 0.6) is 0 Å². The van der Waals surface area contributed by atoms with E-state index in [1.807, 2.05) is 36.4 Å². The number of nitro groups is 1. The van der Waals surface area contributed by atoms with Crippen molar-refractivity contribution in [3.05, 3.63) is 116 Å². The Balaban J connectivity index is 1.74. The van der Waals surface area contributed by atoms with E-state index >= 15 is 0 Å². The van der Waals surface area contributed by atoms with Crippen LogP contribution in [0, 0.1) is 10.1 Å². The molecule has 0 aliphatic heterocycles. The number of urea groups is 1. The molecule has 0 saturated carbocycles. The van der Waals surface area contributed by atoms with E-state index in [1.54, 1.807) is 24.3 Å². The summed E-state index contributed by atoms with van der Waals surface area (Å²) >= 11 is 0.968. The summed E-state index contributed by atoms with van der Waals surface area (Å²) in [6, 6.07) is 23.2. The van der Waals surface area contributed by atoms with E-state index in [0.717, 1.165) is 17.1 Å². The van der Waals surface area contributed by atoms with E-state index in [0.29, 0.717) is 17.9 Å². The molecular weight excluding hydrogens is 430 g/mol. The van der Waals surface area contributed by atoms with Crippen LogP contribution in [0.1, 0.15) is 5.56 Å². The van der Waals surface area contributed by atoms with Crippen molar-refractivity contribution < 1.29 is 9.72 Å². The van der Waals surface area contributed by atoms with Gasteiger partial charge in [0.15, 0.2) is 0 Å². The Kier molecular flexibility index (Phi) is 6.04. The molecule has 0 atom stereocenters. The number of nitrogens with one attached hydrogen (secondary N) is 1. The number of nitro benzene ring substituents is 1. The van der Waals surface area contributed by atoms with Crippen LogP contribution in [0.15, 0.2) is 94.7 Å². The van der Waals surface area contributed by atoms with Crippen LogP contribution in [0.4, 0.5) is 10.5 Å². The molecule has 4 rings (SSSR count). The first-order chi connectivity index (χ1) is 15.5. The summed E-state index contributed by atoms with van der Waals surface area (Å²) in [4.78, 5) is 40.3. The van der Waals surface area contributed by atoms with Crippen LogP contribution < -0.4 is 15.8 Å². The van der Waals surface area contributed by atoms with Crippen LogP contribution in [-0.2, 0) is 6.54 Å². The second-order valence-corrected chi connectivity index (χ2v) is 7.56. The predicted octanol–water partition coefficient (Wildman–Crippen LogP) is 3.41. The van der Waals surface area contributed by atoms with Crippen LogP contribution in [-0.4, -0.2) is 19.5 Å². The Bertz CT molecular complexity index is 1370. The minimum absolute atomic E-state index is 0.0838. The van der Waals surface area contributed by atoms with Gasteiger partial charge in [0.25, 0.3) is 5.69 Å². The van der Waals surface area contributed by atoms with Crippen LogP contribution in [0.2, 0.25) is 0 Å². The molecule has 9 nitrogen and oxygen atoms in total. The molecule has 0 spiro atoms. The van der Waals surface area contributed by atoms with E-state index in [4.69, 9.17) is 0 Å². The van der Waals surface area contributed by atoms with Crippen molar-refractivity contribution in [2.45, 2.75) is 6.54 Å². The van der Waals surface area contributed by atoms with E-state index in [2.05, 4.69) is 10.3 Å². The standard InChI is InChI=1S/C22H17N5O4S/c28-20(23-15-16-7-3-1-4-8-16)24-21-25(17-9-5-2-6-10-17)22(29)26(32-21)18-11-13-19(14-12-18)27(30)31/h1-14H,15H2,(H,23,28)/b24-21-. The van der Waals surface area contributed by atoms with Gasteiger partial charge in [-0.3, -0.25) is 10.1 Å². The number of carbonyl (C=O) groups excluding carboxylic acids is 1. The minimum atomic E-state index is -0.587. The molecule has 0 bridgehead atoms. The highest BCUT2D eigenvalue weighted by Gasteiger charge is 2.14. The smallest absolute Gasteiger partial charge is 0.332 e. The molecule has 0 fully saturated rings. The van der Waals surface area contributed by atoms with Gasteiger partial charge >= 0.3 is 11.7 Å². The van der Waals surface area contributed by atoms with Crippen LogP contribution >= 0.6 is 11.5 Å². The van der Waals surface area contributed by atoms with E-state index in [9.17, 15) is 19.7 Å². The van der Waals surface area contributed by atoms with Crippen molar-refractivity contribution in [1.29, 1.82) is 0 Å². The fraction of sp³-hybridized carbons (Fsp3) is 0.0455. The molecule has 1 N–H and O–H groups in total. The minimum Gasteiger partial charge on any atom is -0.332 e. The summed E-state index contributed by atoms with van der Waals surface area (Å²) in [5.41, 5.74) is 1.37. The predicted molar refractivity (Wildman–Crippen MR) is 120 cm³/mol. The van der Waals surface area contributed by atoms with Gasteiger partial charge in [-0.05, 0) is 41.4 Å². The van der Waals surface area contributed by atoms with Crippen molar-refractivity contribution in [3.8, 4) is 11.4 Å². The lowest BCUT2D eigenvalue weighted by Crippen LogP contribution is -2.29. The van der Waals surface area contributed by atoms with Crippen molar-refractivity contribution in [1.82, 2.24) is 13.8 Å². The SMILES string of the molecule is O=C(/N=c1\sn(-c2ccc([N+](=O)[O-])cc2)c(=O)n1-c1ccccc1)NCc1ccccc1. The lowest BCUT2D eigenvalue weighted by atomic mass is 10.2. The fourth-order valence-corrected chi connectivity index (χ4v) is 3.91. The summed E-state index contributed by atoms with van der Waals surface area (Å²) in [5.74, 6) is 0. The zero-order valence-corrected chi connectivity index (χ0v) is 17.4. The van der Waals surface area contributed by atoms with Gasteiger partial charge in [0.1, 0.15) is 0 Å². The third kappa shape index (κ3) is 4.55. The third-order valence-electron chi connectivity index (χ3n) is 4.52. The zero-order chi connectivity index (χ0) is 22.5. The summed E-state index contributed by atoms with van der Waals surface area (Å²) in [6.45, 7) is 0.298. The molecule has 3 aromatic carbocycles. The zero-order valence-electron chi connectivity index (χ0n) is 16.6. The van der Waals surface area contributed by atoms with E-state index in [1.165, 1.54) is 32.8 Å². The third-order valence-corrected chi connectivity index (χ3v) is 5.51. The Morgan fingerprint density at radius 3 is 2.19 bits per heavy atom. The number of amides is 2. The largest absolute Gasteiger partial charge is 0.349 e. The molecule has 0 saturated heterocycles. The number of rotatable bonds is 5. The fourth-order valence-electron chi connectivity index (χ4n) is 2.98. The molecule has 10 heteroatoms. The topological polar surface area (TPSA) is 112 Å². The van der Waals surface area contributed by atoms with Crippen molar-refractivity contribution in [3.63, 3.8) is 0 Å². The van der Waals surface area contributed by atoms with Gasteiger partial charge in [0.05, 0.1) is 16.3 Å². The average Bonchev–Trinajstić information content (AvgIpc) is 3.14. The maximum Gasteiger partial charge on any atom is 0.349 e. The normalized spacial score (nSPS) is 11.3. The number of non-ortho nitro benzene ring substituents is 1. The molecule has 0 aliphatic carbocycles. The van der Waals surface area contributed by atoms with Gasteiger partial charge in [0, 0.05) is 18.7 Å². The Morgan fingerprint density at radius 1 is 0.938 bits per heavy atom. The molecular formula is C22H17N5O4S. The molecule has 0 radical (unpaired) electrons. The van der Waals surface area contributed by atoms with E-state index < -0.39 is 16.6 Å².